The molecule has 1 rings (SSSR count). The van der Waals surface area contributed by atoms with E-state index in [1.165, 1.54) is 0 Å². The van der Waals surface area contributed by atoms with E-state index in [0.29, 0.717) is 13.2 Å². The van der Waals surface area contributed by atoms with Gasteiger partial charge in [-0.15, -0.1) is 6.58 Å². The molecule has 0 radical (unpaired) electrons. The van der Waals surface area contributed by atoms with Gasteiger partial charge < -0.3 is 15.4 Å². The minimum Gasteiger partial charge on any atom is -0.494 e. The first-order valence-electron chi connectivity index (χ1n) is 6.05. The van der Waals surface area contributed by atoms with Crippen LogP contribution in [0.1, 0.15) is 25.5 Å². The molecule has 18 heavy (non-hydrogen) atoms. The standard InChI is InChI=1S/C14H20N2O2/c1-4-10-15-14(17)16-11(3)12-6-8-13(9-7-12)18-5-2/h4,6-9,11H,1,5,10H2,2-3H3,(H2,15,16,17). The average Bonchev–Trinajstić information content (AvgIpc) is 2.37. The van der Waals surface area contributed by atoms with Crippen LogP contribution in [0.15, 0.2) is 36.9 Å². The minimum atomic E-state index is -0.198. The van der Waals surface area contributed by atoms with Crippen LogP contribution in [0, 0.1) is 0 Å². The van der Waals surface area contributed by atoms with Crippen molar-refractivity contribution in [1.82, 2.24) is 10.6 Å². The second-order valence-electron chi connectivity index (χ2n) is 3.87. The summed E-state index contributed by atoms with van der Waals surface area (Å²) in [6.07, 6.45) is 1.64. The molecule has 2 N–H and O–H groups in total. The van der Waals surface area contributed by atoms with Crippen LogP contribution in [-0.2, 0) is 0 Å². The van der Waals surface area contributed by atoms with Crippen molar-refractivity contribution in [3.63, 3.8) is 0 Å². The van der Waals surface area contributed by atoms with Crippen molar-refractivity contribution in [1.29, 1.82) is 0 Å². The summed E-state index contributed by atoms with van der Waals surface area (Å²) in [5.74, 6) is 0.838. The van der Waals surface area contributed by atoms with Gasteiger partial charge in [0.25, 0.3) is 0 Å². The Balaban J connectivity index is 2.52. The van der Waals surface area contributed by atoms with Gasteiger partial charge in [-0.1, -0.05) is 18.2 Å². The lowest BCUT2D eigenvalue weighted by Gasteiger charge is -2.15. The predicted molar refractivity (Wildman–Crippen MR) is 72.8 cm³/mol. The van der Waals surface area contributed by atoms with Crippen molar-refractivity contribution < 1.29 is 9.53 Å². The van der Waals surface area contributed by atoms with Crippen LogP contribution in [-0.4, -0.2) is 19.2 Å². The van der Waals surface area contributed by atoms with Crippen LogP contribution in [0.2, 0.25) is 0 Å². The highest BCUT2D eigenvalue weighted by molar-refractivity contribution is 5.74. The monoisotopic (exact) mass is 248 g/mol. The maximum atomic E-state index is 11.5. The summed E-state index contributed by atoms with van der Waals surface area (Å²) in [5.41, 5.74) is 1.03. The van der Waals surface area contributed by atoms with Crippen molar-refractivity contribution >= 4 is 6.03 Å². The van der Waals surface area contributed by atoms with E-state index >= 15 is 0 Å². The molecular weight excluding hydrogens is 228 g/mol. The lowest BCUT2D eigenvalue weighted by Crippen LogP contribution is -2.36. The van der Waals surface area contributed by atoms with Gasteiger partial charge in [0, 0.05) is 6.54 Å². The normalized spacial score (nSPS) is 11.4. The first kappa shape index (κ1) is 14.1. The minimum absolute atomic E-state index is 0.0505. The van der Waals surface area contributed by atoms with Crippen molar-refractivity contribution in [3.05, 3.63) is 42.5 Å². The van der Waals surface area contributed by atoms with Crippen molar-refractivity contribution in [2.75, 3.05) is 13.2 Å². The lowest BCUT2D eigenvalue weighted by molar-refractivity contribution is 0.239. The Labute approximate surface area is 108 Å². The topological polar surface area (TPSA) is 50.4 Å². The Morgan fingerprint density at radius 2 is 2.11 bits per heavy atom. The molecule has 0 aliphatic heterocycles. The number of carbonyl (C=O) groups excluding carboxylic acids is 1. The molecule has 1 unspecified atom stereocenters. The van der Waals surface area contributed by atoms with Crippen molar-refractivity contribution in [3.8, 4) is 5.75 Å². The Hall–Kier alpha value is -1.97. The molecule has 0 heterocycles. The van der Waals surface area contributed by atoms with Gasteiger partial charge in [-0.2, -0.15) is 0 Å². The van der Waals surface area contributed by atoms with Crippen molar-refractivity contribution in [2.24, 2.45) is 0 Å². The highest BCUT2D eigenvalue weighted by Gasteiger charge is 2.08. The summed E-state index contributed by atoms with van der Waals surface area (Å²) in [5, 5.41) is 5.52. The van der Waals surface area contributed by atoms with E-state index in [0.717, 1.165) is 11.3 Å². The molecule has 98 valence electrons. The van der Waals surface area contributed by atoms with E-state index in [-0.39, 0.29) is 12.1 Å². The third-order valence-corrected chi connectivity index (χ3v) is 2.45. The number of carbonyl (C=O) groups is 1. The number of nitrogens with one attached hydrogen (secondary N) is 2. The number of urea groups is 1. The zero-order valence-corrected chi connectivity index (χ0v) is 10.9. The van der Waals surface area contributed by atoms with Crippen LogP contribution < -0.4 is 15.4 Å². The van der Waals surface area contributed by atoms with Gasteiger partial charge in [0.05, 0.1) is 12.6 Å². The van der Waals surface area contributed by atoms with Crippen LogP contribution in [0.4, 0.5) is 4.79 Å². The van der Waals surface area contributed by atoms with Gasteiger partial charge in [-0.05, 0) is 31.5 Å². The number of rotatable bonds is 6. The molecule has 2 amide bonds. The van der Waals surface area contributed by atoms with E-state index in [1.54, 1.807) is 6.08 Å². The molecule has 1 aromatic rings. The molecule has 0 saturated heterocycles. The molecule has 0 saturated carbocycles. The number of hydrogen-bond acceptors (Lipinski definition) is 2. The van der Waals surface area contributed by atoms with E-state index in [2.05, 4.69) is 17.2 Å². The summed E-state index contributed by atoms with van der Waals surface area (Å²) < 4.78 is 5.36. The second kappa shape index (κ2) is 7.37. The van der Waals surface area contributed by atoms with E-state index in [9.17, 15) is 4.79 Å². The molecule has 1 atom stereocenters. The fourth-order valence-electron chi connectivity index (χ4n) is 1.52. The SMILES string of the molecule is C=CCNC(=O)NC(C)c1ccc(OCC)cc1. The Kier molecular flexibility index (Phi) is 5.77. The molecule has 1 aromatic carbocycles. The number of benzene rings is 1. The van der Waals surface area contributed by atoms with Crippen LogP contribution >= 0.6 is 0 Å². The molecule has 0 aromatic heterocycles. The summed E-state index contributed by atoms with van der Waals surface area (Å²) in [6, 6.07) is 7.45. The fraction of sp³-hybridized carbons (Fsp3) is 0.357. The third kappa shape index (κ3) is 4.49. The van der Waals surface area contributed by atoms with E-state index in [1.807, 2.05) is 38.1 Å². The Morgan fingerprint density at radius 1 is 1.44 bits per heavy atom. The van der Waals surface area contributed by atoms with Gasteiger partial charge >= 0.3 is 6.03 Å². The molecule has 0 aliphatic rings. The summed E-state index contributed by atoms with van der Waals surface area (Å²) in [7, 11) is 0. The number of hydrogen-bond donors (Lipinski definition) is 2. The first-order chi connectivity index (χ1) is 8.67. The zero-order chi connectivity index (χ0) is 13.4. The fourth-order valence-corrected chi connectivity index (χ4v) is 1.52. The maximum Gasteiger partial charge on any atom is 0.315 e. The quantitative estimate of drug-likeness (QED) is 0.760. The summed E-state index contributed by atoms with van der Waals surface area (Å²) in [6.45, 7) is 8.53. The first-order valence-corrected chi connectivity index (χ1v) is 6.05. The number of amides is 2. The average molecular weight is 248 g/mol. The van der Waals surface area contributed by atoms with Gasteiger partial charge in [0.15, 0.2) is 0 Å². The second-order valence-corrected chi connectivity index (χ2v) is 3.87. The van der Waals surface area contributed by atoms with Gasteiger partial charge in [-0.3, -0.25) is 0 Å². The van der Waals surface area contributed by atoms with Crippen LogP contribution in [0.3, 0.4) is 0 Å². The smallest absolute Gasteiger partial charge is 0.315 e. The predicted octanol–water partition coefficient (Wildman–Crippen LogP) is 2.63. The van der Waals surface area contributed by atoms with Gasteiger partial charge in [0.1, 0.15) is 5.75 Å². The molecule has 0 aliphatic carbocycles. The molecule has 0 bridgehead atoms. The van der Waals surface area contributed by atoms with Gasteiger partial charge in [0.2, 0.25) is 0 Å². The highest BCUT2D eigenvalue weighted by Crippen LogP contribution is 2.17. The maximum absolute atomic E-state index is 11.5. The molecular formula is C14H20N2O2. The zero-order valence-electron chi connectivity index (χ0n) is 10.9. The van der Waals surface area contributed by atoms with Crippen molar-refractivity contribution in [2.45, 2.75) is 19.9 Å². The van der Waals surface area contributed by atoms with E-state index in [4.69, 9.17) is 4.74 Å². The van der Waals surface area contributed by atoms with Gasteiger partial charge in [-0.25, -0.2) is 4.79 Å². The molecule has 0 spiro atoms. The number of ether oxygens (including phenoxy) is 1. The van der Waals surface area contributed by atoms with Crippen LogP contribution in [0.5, 0.6) is 5.75 Å². The Bertz CT molecular complexity index is 387. The highest BCUT2D eigenvalue weighted by atomic mass is 16.5. The van der Waals surface area contributed by atoms with E-state index < -0.39 is 0 Å². The largest absolute Gasteiger partial charge is 0.494 e. The molecule has 4 nitrogen and oxygen atoms in total. The lowest BCUT2D eigenvalue weighted by atomic mass is 10.1. The molecule has 0 fully saturated rings. The summed E-state index contributed by atoms with van der Waals surface area (Å²) in [4.78, 5) is 11.5. The third-order valence-electron chi connectivity index (χ3n) is 2.45. The Morgan fingerprint density at radius 3 is 2.67 bits per heavy atom. The summed E-state index contributed by atoms with van der Waals surface area (Å²) >= 11 is 0. The molecule has 4 heteroatoms. The van der Waals surface area contributed by atoms with Crippen LogP contribution in [0.25, 0.3) is 0 Å².